The Morgan fingerprint density at radius 1 is 0.955 bits per heavy atom. The molecule has 11 nitrogen and oxygen atoms in total. The molecular formula is C33H42N4O7. The molecule has 1 fully saturated rings. The highest BCUT2D eigenvalue weighted by atomic mass is 16.4. The van der Waals surface area contributed by atoms with Crippen LogP contribution < -0.4 is 10.6 Å². The van der Waals surface area contributed by atoms with E-state index >= 15 is 0 Å². The first-order valence-electron chi connectivity index (χ1n) is 15.0. The highest BCUT2D eigenvalue weighted by molar-refractivity contribution is 6.00. The van der Waals surface area contributed by atoms with Crippen LogP contribution in [0.3, 0.4) is 0 Å². The van der Waals surface area contributed by atoms with Crippen molar-refractivity contribution in [3.8, 4) is 0 Å². The van der Waals surface area contributed by atoms with Crippen molar-refractivity contribution in [3.63, 3.8) is 0 Å². The minimum atomic E-state index is -0.924. The molecule has 7 N–H and O–H groups in total. The summed E-state index contributed by atoms with van der Waals surface area (Å²) < 4.78 is 0. The molecule has 236 valence electrons. The lowest BCUT2D eigenvalue weighted by molar-refractivity contribution is -0.138. The molecule has 0 radical (unpaired) electrons. The van der Waals surface area contributed by atoms with Crippen molar-refractivity contribution in [3.05, 3.63) is 74.5 Å². The number of aliphatic carboxylic acids is 2. The third-order valence-corrected chi connectivity index (χ3v) is 9.13. The number of aliphatic hydroxyl groups excluding tert-OH is 1. The van der Waals surface area contributed by atoms with Gasteiger partial charge in [-0.3, -0.25) is 19.2 Å². The molecule has 3 atom stereocenters. The molecule has 1 saturated heterocycles. The molecule has 4 heterocycles. The number of carbonyl (C=O) groups is 4. The lowest BCUT2D eigenvalue weighted by Gasteiger charge is -2.14. The maximum atomic E-state index is 12.4. The zero-order chi connectivity index (χ0) is 32.3. The van der Waals surface area contributed by atoms with Gasteiger partial charge in [-0.1, -0.05) is 26.5 Å². The number of hydrogen-bond acceptors (Lipinski definition) is 5. The Hall–Kier alpha value is -4.38. The summed E-state index contributed by atoms with van der Waals surface area (Å²) in [6.07, 6.45) is 5.37. The summed E-state index contributed by atoms with van der Waals surface area (Å²) in [6.45, 7) is 11.2. The molecule has 0 aliphatic carbocycles. The maximum absolute atomic E-state index is 12.4. The van der Waals surface area contributed by atoms with Crippen molar-refractivity contribution in [2.24, 2.45) is 11.8 Å². The van der Waals surface area contributed by atoms with E-state index in [1.54, 1.807) is 0 Å². The summed E-state index contributed by atoms with van der Waals surface area (Å²) in [5.74, 6) is -2.23. The second-order valence-corrected chi connectivity index (χ2v) is 11.7. The van der Waals surface area contributed by atoms with E-state index in [2.05, 4.69) is 27.2 Å². The Bertz CT molecular complexity index is 1560. The lowest BCUT2D eigenvalue weighted by atomic mass is 9.92. The topological polar surface area (TPSA) is 185 Å². The molecule has 0 spiro atoms. The summed E-state index contributed by atoms with van der Waals surface area (Å²) in [7, 11) is 0. The maximum Gasteiger partial charge on any atom is 0.303 e. The lowest BCUT2D eigenvalue weighted by Crippen LogP contribution is -2.31. The van der Waals surface area contributed by atoms with E-state index in [9.17, 15) is 34.5 Å². The number of carboxylic acids is 2. The predicted octanol–water partition coefficient (Wildman–Crippen LogP) is 3.23. The highest BCUT2D eigenvalue weighted by Gasteiger charge is 2.34. The van der Waals surface area contributed by atoms with Crippen LogP contribution in [0.25, 0.3) is 6.08 Å². The molecule has 44 heavy (non-hydrogen) atoms. The van der Waals surface area contributed by atoms with E-state index in [1.165, 1.54) is 6.08 Å². The molecule has 0 unspecified atom stereocenters. The Morgan fingerprint density at radius 3 is 2.14 bits per heavy atom. The average Bonchev–Trinajstić information content (AvgIpc) is 3.63. The molecule has 0 saturated carbocycles. The first-order chi connectivity index (χ1) is 20.9. The van der Waals surface area contributed by atoms with Crippen LogP contribution in [-0.4, -0.2) is 61.7 Å². The van der Waals surface area contributed by atoms with Crippen LogP contribution in [0.15, 0.2) is 29.5 Å². The van der Waals surface area contributed by atoms with Gasteiger partial charge in [0.15, 0.2) is 0 Å². The van der Waals surface area contributed by atoms with Gasteiger partial charge in [0.2, 0.25) is 5.91 Å². The fourth-order valence-corrected chi connectivity index (χ4v) is 6.58. The van der Waals surface area contributed by atoms with Crippen LogP contribution in [0.4, 0.5) is 0 Å². The SMILES string of the molecule is C=CC1=C(CO)[C@@H](Cc2[nH]c(Cc3[nH]c(/C=C4/NC(=O)[C@H](C)[C@H]4CC)c(C)c3CCC(=O)O)c(CCC(=O)O)c2C)NC1=O. The first kappa shape index (κ1) is 32.5. The standard InChI is InChI=1S/C33H42N4O7/c1-6-19-18(5)32(43)36-26(19)12-24-16(3)21(8-10-30(39)40)27(34-24)14-28-22(9-11-31(41)42)17(4)25(35-28)13-29-23(15-38)20(7-2)33(44)37-29/h7,12,18-19,29,34-35,38H,2,6,8-11,13-15H2,1,3-5H3,(H,36,43)(H,37,44)(H,39,40)(H,41,42)/b26-12+/t18-,19-,29-/m1/s1. The van der Waals surface area contributed by atoms with E-state index in [1.807, 2.05) is 33.8 Å². The Balaban J connectivity index is 1.75. The number of aromatic nitrogens is 2. The molecule has 2 aliphatic heterocycles. The van der Waals surface area contributed by atoms with Crippen LogP contribution >= 0.6 is 0 Å². The van der Waals surface area contributed by atoms with Crippen molar-refractivity contribution in [2.75, 3.05) is 6.61 Å². The monoisotopic (exact) mass is 606 g/mol. The fraction of sp³-hybridized carbons (Fsp3) is 0.455. The molecule has 2 aromatic heterocycles. The van der Waals surface area contributed by atoms with Gasteiger partial charge in [0.25, 0.3) is 5.91 Å². The summed E-state index contributed by atoms with van der Waals surface area (Å²) in [5, 5.41) is 34.8. The second-order valence-electron chi connectivity index (χ2n) is 11.7. The number of rotatable bonds is 14. The van der Waals surface area contributed by atoms with E-state index in [0.717, 1.165) is 57.1 Å². The minimum absolute atomic E-state index is 0.0195. The van der Waals surface area contributed by atoms with Crippen LogP contribution in [0, 0.1) is 25.7 Å². The summed E-state index contributed by atoms with van der Waals surface area (Å²) in [5.41, 5.74) is 8.46. The van der Waals surface area contributed by atoms with E-state index in [0.29, 0.717) is 30.4 Å². The van der Waals surface area contributed by atoms with Crippen molar-refractivity contribution < 1.29 is 34.5 Å². The number of aromatic amines is 2. The van der Waals surface area contributed by atoms with Gasteiger partial charge < -0.3 is 35.9 Å². The second kappa shape index (κ2) is 13.5. The minimum Gasteiger partial charge on any atom is -0.481 e. The average molecular weight is 607 g/mol. The van der Waals surface area contributed by atoms with Gasteiger partial charge in [0.1, 0.15) is 0 Å². The largest absolute Gasteiger partial charge is 0.481 e. The van der Waals surface area contributed by atoms with E-state index in [-0.39, 0.29) is 49.5 Å². The number of carbonyl (C=O) groups excluding carboxylic acids is 2. The zero-order valence-electron chi connectivity index (χ0n) is 25.7. The first-order valence-corrected chi connectivity index (χ1v) is 15.0. The quantitative estimate of drug-likeness (QED) is 0.172. The zero-order valence-corrected chi connectivity index (χ0v) is 25.7. The van der Waals surface area contributed by atoms with Crippen molar-refractivity contribution in [2.45, 2.75) is 78.7 Å². The van der Waals surface area contributed by atoms with Crippen molar-refractivity contribution in [1.82, 2.24) is 20.6 Å². The van der Waals surface area contributed by atoms with Gasteiger partial charge in [0.05, 0.1) is 12.6 Å². The number of hydrogen-bond donors (Lipinski definition) is 7. The molecule has 2 amide bonds. The third-order valence-electron chi connectivity index (χ3n) is 9.13. The van der Waals surface area contributed by atoms with E-state index in [4.69, 9.17) is 0 Å². The number of aliphatic hydroxyl groups is 1. The van der Waals surface area contributed by atoms with E-state index < -0.39 is 18.0 Å². The van der Waals surface area contributed by atoms with Gasteiger partial charge in [0, 0.05) is 71.6 Å². The molecule has 2 aromatic rings. The van der Waals surface area contributed by atoms with Gasteiger partial charge in [-0.25, -0.2) is 0 Å². The Labute approximate surface area is 256 Å². The number of allylic oxidation sites excluding steroid dienone is 1. The van der Waals surface area contributed by atoms with Crippen LogP contribution in [0.5, 0.6) is 0 Å². The molecule has 2 aliphatic rings. The highest BCUT2D eigenvalue weighted by Crippen LogP contribution is 2.33. The fourth-order valence-electron chi connectivity index (χ4n) is 6.58. The predicted molar refractivity (Wildman–Crippen MR) is 165 cm³/mol. The van der Waals surface area contributed by atoms with Crippen LogP contribution in [0.1, 0.15) is 78.1 Å². The van der Waals surface area contributed by atoms with Gasteiger partial charge in [-0.15, -0.1) is 0 Å². The van der Waals surface area contributed by atoms with Gasteiger partial charge in [-0.2, -0.15) is 0 Å². The molecule has 0 bridgehead atoms. The van der Waals surface area contributed by atoms with Crippen molar-refractivity contribution >= 4 is 29.8 Å². The summed E-state index contributed by atoms with van der Waals surface area (Å²) >= 11 is 0. The third kappa shape index (κ3) is 6.57. The number of amides is 2. The number of carboxylic acid groups (broad SMARTS) is 2. The Kier molecular flexibility index (Phi) is 9.98. The smallest absolute Gasteiger partial charge is 0.303 e. The normalized spacial score (nSPS) is 20.8. The van der Waals surface area contributed by atoms with Crippen LogP contribution in [0.2, 0.25) is 0 Å². The molecule has 4 rings (SSSR count). The van der Waals surface area contributed by atoms with Crippen LogP contribution in [-0.2, 0) is 44.9 Å². The molecule has 0 aromatic carbocycles. The summed E-state index contributed by atoms with van der Waals surface area (Å²) in [4.78, 5) is 54.9. The number of H-pyrrole nitrogens is 2. The molecule has 11 heteroatoms. The molecular weight excluding hydrogens is 564 g/mol. The van der Waals surface area contributed by atoms with Crippen molar-refractivity contribution in [1.29, 1.82) is 0 Å². The number of nitrogens with one attached hydrogen (secondary N) is 4. The summed E-state index contributed by atoms with van der Waals surface area (Å²) in [6, 6.07) is -0.439. The van der Waals surface area contributed by atoms with Gasteiger partial charge in [-0.05, 0) is 67.0 Å². The Morgan fingerprint density at radius 2 is 1.57 bits per heavy atom. The van der Waals surface area contributed by atoms with Gasteiger partial charge >= 0.3 is 11.9 Å².